The van der Waals surface area contributed by atoms with E-state index in [1.807, 2.05) is 0 Å². The van der Waals surface area contributed by atoms with Crippen molar-refractivity contribution >= 4 is 5.97 Å². The topological polar surface area (TPSA) is 40.5 Å². The zero-order valence-electron chi connectivity index (χ0n) is 9.86. The summed E-state index contributed by atoms with van der Waals surface area (Å²) in [5.74, 6) is -0.693. The van der Waals surface area contributed by atoms with Gasteiger partial charge < -0.3 is 5.11 Å². The molecule has 0 amide bonds. The Hall–Kier alpha value is -0.570. The van der Waals surface area contributed by atoms with E-state index in [1.54, 1.807) is 0 Å². The van der Waals surface area contributed by atoms with E-state index in [0.717, 1.165) is 12.8 Å². The number of carboxylic acid groups (broad SMARTS) is 1. The van der Waals surface area contributed by atoms with Crippen LogP contribution in [0, 0.1) is 5.92 Å². The molecule has 3 nitrogen and oxygen atoms in total. The molecule has 15 heavy (non-hydrogen) atoms. The first-order chi connectivity index (χ1) is 6.89. The first-order valence-corrected chi connectivity index (χ1v) is 5.91. The van der Waals surface area contributed by atoms with Crippen LogP contribution in [-0.4, -0.2) is 33.6 Å². The number of aliphatic carboxylic acids is 1. The molecule has 1 N–H and O–H groups in total. The Morgan fingerprint density at radius 2 is 1.67 bits per heavy atom. The molecule has 86 valence electrons. The predicted octanol–water partition coefficient (Wildman–Crippen LogP) is 2.11. The third-order valence-corrected chi connectivity index (χ3v) is 3.86. The van der Waals surface area contributed by atoms with Crippen LogP contribution >= 0.6 is 0 Å². The van der Waals surface area contributed by atoms with E-state index in [1.165, 1.54) is 12.8 Å². The lowest BCUT2D eigenvalue weighted by molar-refractivity contribution is -0.145. The van der Waals surface area contributed by atoms with E-state index < -0.39 is 5.97 Å². The second kappa shape index (κ2) is 3.48. The number of carboxylic acids is 1. The van der Waals surface area contributed by atoms with Crippen molar-refractivity contribution in [2.24, 2.45) is 5.92 Å². The summed E-state index contributed by atoms with van der Waals surface area (Å²) in [6.07, 6.45) is 4.07. The maximum absolute atomic E-state index is 11.0. The van der Waals surface area contributed by atoms with Crippen LogP contribution in [0.1, 0.15) is 46.5 Å². The van der Waals surface area contributed by atoms with Crippen molar-refractivity contribution in [3.8, 4) is 0 Å². The van der Waals surface area contributed by atoms with E-state index in [0.29, 0.717) is 12.1 Å². The molecule has 2 atom stereocenters. The average molecular weight is 211 g/mol. The Kier molecular flexibility index (Phi) is 2.53. The maximum atomic E-state index is 11.0. The van der Waals surface area contributed by atoms with E-state index in [4.69, 9.17) is 5.11 Å². The van der Waals surface area contributed by atoms with Crippen LogP contribution in [0.25, 0.3) is 0 Å². The van der Waals surface area contributed by atoms with Crippen molar-refractivity contribution in [2.45, 2.75) is 64.1 Å². The summed E-state index contributed by atoms with van der Waals surface area (Å²) >= 11 is 0. The van der Waals surface area contributed by atoms with E-state index >= 15 is 0 Å². The SMILES string of the molecule is CC(C)(C)N1C2CCC1CC(C(=O)O)C2. The molecule has 0 aliphatic carbocycles. The number of carbonyl (C=O) groups is 1. The van der Waals surface area contributed by atoms with Gasteiger partial charge in [-0.2, -0.15) is 0 Å². The molecule has 0 saturated carbocycles. The van der Waals surface area contributed by atoms with Gasteiger partial charge in [0.1, 0.15) is 0 Å². The van der Waals surface area contributed by atoms with Gasteiger partial charge in [-0.3, -0.25) is 9.69 Å². The van der Waals surface area contributed by atoms with Gasteiger partial charge in [0.2, 0.25) is 0 Å². The third kappa shape index (κ3) is 1.89. The van der Waals surface area contributed by atoms with Crippen molar-refractivity contribution in [2.75, 3.05) is 0 Å². The lowest BCUT2D eigenvalue weighted by Crippen LogP contribution is -2.53. The highest BCUT2D eigenvalue weighted by Gasteiger charge is 2.46. The molecule has 2 rings (SSSR count). The number of fused-ring (bicyclic) bond motifs is 2. The van der Waals surface area contributed by atoms with Crippen LogP contribution in [-0.2, 0) is 4.79 Å². The van der Waals surface area contributed by atoms with Crippen molar-refractivity contribution in [1.82, 2.24) is 4.90 Å². The van der Waals surface area contributed by atoms with Crippen molar-refractivity contribution < 1.29 is 9.90 Å². The smallest absolute Gasteiger partial charge is 0.306 e. The van der Waals surface area contributed by atoms with Crippen LogP contribution in [0.4, 0.5) is 0 Å². The molecule has 2 bridgehead atoms. The first-order valence-electron chi connectivity index (χ1n) is 5.91. The van der Waals surface area contributed by atoms with Gasteiger partial charge in [0, 0.05) is 17.6 Å². The standard InChI is InChI=1S/C12H21NO2/c1-12(2,3)13-9-4-5-10(13)7-8(6-9)11(14)15/h8-10H,4-7H2,1-3H3,(H,14,15). The summed E-state index contributed by atoms with van der Waals surface area (Å²) in [4.78, 5) is 13.6. The quantitative estimate of drug-likeness (QED) is 0.722. The van der Waals surface area contributed by atoms with Gasteiger partial charge in [0.25, 0.3) is 0 Å². The maximum Gasteiger partial charge on any atom is 0.306 e. The van der Waals surface area contributed by atoms with Gasteiger partial charge in [-0.15, -0.1) is 0 Å². The normalized spacial score (nSPS) is 36.9. The summed E-state index contributed by atoms with van der Waals surface area (Å²) in [7, 11) is 0. The molecule has 2 unspecified atom stereocenters. The number of nitrogens with zero attached hydrogens (tertiary/aromatic N) is 1. The van der Waals surface area contributed by atoms with Gasteiger partial charge >= 0.3 is 5.97 Å². The zero-order valence-corrected chi connectivity index (χ0v) is 9.86. The Labute approximate surface area is 91.5 Å². The number of hydrogen-bond acceptors (Lipinski definition) is 2. The average Bonchev–Trinajstić information content (AvgIpc) is 2.37. The molecule has 2 aliphatic heterocycles. The summed E-state index contributed by atoms with van der Waals surface area (Å²) in [6.45, 7) is 6.71. The Balaban J connectivity index is 2.13. The fraction of sp³-hybridized carbons (Fsp3) is 0.917. The van der Waals surface area contributed by atoms with Crippen molar-refractivity contribution in [1.29, 1.82) is 0 Å². The van der Waals surface area contributed by atoms with Gasteiger partial charge in [-0.25, -0.2) is 0 Å². The molecule has 2 aliphatic rings. The van der Waals surface area contributed by atoms with Crippen LogP contribution in [0.5, 0.6) is 0 Å². The number of rotatable bonds is 1. The van der Waals surface area contributed by atoms with Gasteiger partial charge in [0.15, 0.2) is 0 Å². The van der Waals surface area contributed by atoms with Crippen LogP contribution < -0.4 is 0 Å². The molecule has 3 heteroatoms. The largest absolute Gasteiger partial charge is 0.481 e. The van der Waals surface area contributed by atoms with Crippen LogP contribution in [0.2, 0.25) is 0 Å². The molecular formula is C12H21NO2. The van der Waals surface area contributed by atoms with Crippen molar-refractivity contribution in [3.05, 3.63) is 0 Å². The molecule has 0 aromatic heterocycles. The highest BCUT2D eigenvalue weighted by molar-refractivity contribution is 5.70. The minimum atomic E-state index is -0.597. The minimum absolute atomic E-state index is 0.0962. The summed E-state index contributed by atoms with van der Waals surface area (Å²) in [6, 6.07) is 1.01. The summed E-state index contributed by atoms with van der Waals surface area (Å²) < 4.78 is 0. The lowest BCUT2D eigenvalue weighted by Gasteiger charge is -2.46. The van der Waals surface area contributed by atoms with Gasteiger partial charge in [-0.05, 0) is 46.5 Å². The Morgan fingerprint density at radius 3 is 2.00 bits per heavy atom. The highest BCUT2D eigenvalue weighted by atomic mass is 16.4. The van der Waals surface area contributed by atoms with Crippen LogP contribution in [0.15, 0.2) is 0 Å². The van der Waals surface area contributed by atoms with E-state index in [-0.39, 0.29) is 11.5 Å². The van der Waals surface area contributed by atoms with Crippen LogP contribution in [0.3, 0.4) is 0 Å². The van der Waals surface area contributed by atoms with Crippen molar-refractivity contribution in [3.63, 3.8) is 0 Å². The van der Waals surface area contributed by atoms with Gasteiger partial charge in [-0.1, -0.05) is 0 Å². The second-order valence-corrected chi connectivity index (χ2v) is 5.97. The molecule has 2 heterocycles. The Morgan fingerprint density at radius 1 is 1.20 bits per heavy atom. The molecular weight excluding hydrogens is 190 g/mol. The molecule has 2 fully saturated rings. The minimum Gasteiger partial charge on any atom is -0.481 e. The van der Waals surface area contributed by atoms with Gasteiger partial charge in [0.05, 0.1) is 5.92 Å². The van der Waals surface area contributed by atoms with E-state index in [9.17, 15) is 4.79 Å². The zero-order chi connectivity index (χ0) is 11.2. The molecule has 0 aromatic rings. The third-order valence-electron chi connectivity index (χ3n) is 3.86. The lowest BCUT2D eigenvalue weighted by atomic mass is 9.87. The summed E-state index contributed by atoms with van der Waals surface area (Å²) in [5.41, 5.74) is 0.190. The molecule has 0 spiro atoms. The predicted molar refractivity (Wildman–Crippen MR) is 58.8 cm³/mol. The first kappa shape index (κ1) is 10.9. The monoisotopic (exact) mass is 211 g/mol. The Bertz CT molecular complexity index is 255. The number of piperidine rings is 1. The van der Waals surface area contributed by atoms with E-state index in [2.05, 4.69) is 25.7 Å². The molecule has 0 aromatic carbocycles. The second-order valence-electron chi connectivity index (χ2n) is 5.97. The fourth-order valence-electron chi connectivity index (χ4n) is 3.47. The number of hydrogen-bond donors (Lipinski definition) is 1. The summed E-state index contributed by atoms with van der Waals surface area (Å²) in [5, 5.41) is 9.07. The molecule has 0 radical (unpaired) electrons. The fourth-order valence-corrected chi connectivity index (χ4v) is 3.47. The highest BCUT2D eigenvalue weighted by Crippen LogP contribution is 2.42. The molecule has 2 saturated heterocycles.